The van der Waals surface area contributed by atoms with E-state index < -0.39 is 0 Å². The summed E-state index contributed by atoms with van der Waals surface area (Å²) in [5, 5.41) is 0. The number of rotatable bonds is 2. The van der Waals surface area contributed by atoms with Crippen molar-refractivity contribution in [2.75, 3.05) is 25.1 Å². The molecule has 0 aliphatic carbocycles. The van der Waals surface area contributed by atoms with Crippen LogP contribution in [0.2, 0.25) is 0 Å². The van der Waals surface area contributed by atoms with Crippen LogP contribution in [0.4, 0.5) is 5.82 Å². The number of anilines is 1. The van der Waals surface area contributed by atoms with E-state index in [1.165, 1.54) is 12.4 Å². The minimum absolute atomic E-state index is 0.0608. The van der Waals surface area contributed by atoms with E-state index in [1.807, 2.05) is 6.92 Å². The molecule has 1 amide bonds. The van der Waals surface area contributed by atoms with Gasteiger partial charge in [0.15, 0.2) is 5.82 Å². The number of nitrogens with one attached hydrogen (secondary N) is 1. The molecule has 7 heteroatoms. The van der Waals surface area contributed by atoms with Crippen LogP contribution in [0.1, 0.15) is 17.4 Å². The quantitative estimate of drug-likeness (QED) is 0.538. The fourth-order valence-electron chi connectivity index (χ4n) is 1.68. The Morgan fingerprint density at radius 1 is 1.59 bits per heavy atom. The number of nitrogens with zero attached hydrogens (tertiary/aromatic N) is 3. The van der Waals surface area contributed by atoms with Gasteiger partial charge in [0, 0.05) is 13.1 Å². The van der Waals surface area contributed by atoms with Crippen molar-refractivity contribution in [1.29, 1.82) is 0 Å². The van der Waals surface area contributed by atoms with Crippen molar-refractivity contribution in [2.45, 2.75) is 13.0 Å². The van der Waals surface area contributed by atoms with Crippen LogP contribution in [0.3, 0.4) is 0 Å². The van der Waals surface area contributed by atoms with Crippen molar-refractivity contribution in [1.82, 2.24) is 14.9 Å². The third-order valence-electron chi connectivity index (χ3n) is 2.55. The van der Waals surface area contributed by atoms with Gasteiger partial charge >= 0.3 is 0 Å². The van der Waals surface area contributed by atoms with Gasteiger partial charge in [-0.15, -0.1) is 0 Å². The lowest BCUT2D eigenvalue weighted by atomic mass is 10.2. The molecule has 1 fully saturated rings. The molecule has 1 unspecified atom stereocenters. The number of carbonyl (C=O) groups excluding carboxylic acids is 1. The van der Waals surface area contributed by atoms with Crippen molar-refractivity contribution >= 4 is 11.7 Å². The van der Waals surface area contributed by atoms with Crippen LogP contribution in [0.15, 0.2) is 12.4 Å². The number of nitrogens with two attached hydrogens (primary N) is 1. The Labute approximate surface area is 98.9 Å². The number of morpholine rings is 1. The monoisotopic (exact) mass is 237 g/mol. The molecule has 1 atom stereocenters. The minimum Gasteiger partial charge on any atom is -0.375 e. The van der Waals surface area contributed by atoms with Gasteiger partial charge in [-0.05, 0) is 6.92 Å². The number of hydrazine groups is 1. The molecular formula is C10H15N5O2. The van der Waals surface area contributed by atoms with E-state index >= 15 is 0 Å². The second-order valence-electron chi connectivity index (χ2n) is 3.86. The van der Waals surface area contributed by atoms with Crippen molar-refractivity contribution < 1.29 is 9.53 Å². The fraction of sp³-hybridized carbons (Fsp3) is 0.500. The fourth-order valence-corrected chi connectivity index (χ4v) is 1.68. The molecule has 0 bridgehead atoms. The standard InChI is InChI=1S/C10H15N5O2/c1-7-6-15(2-3-17-7)10(16)8-4-13-9(14-11)5-12-8/h4-5,7H,2-3,6,11H2,1H3,(H,13,14). The molecule has 0 spiro atoms. The molecule has 2 heterocycles. The van der Waals surface area contributed by atoms with Gasteiger partial charge in [0.25, 0.3) is 5.91 Å². The average Bonchev–Trinajstić information content (AvgIpc) is 2.38. The Balaban J connectivity index is 2.07. The van der Waals surface area contributed by atoms with Gasteiger partial charge in [0.05, 0.1) is 25.1 Å². The maximum atomic E-state index is 12.1. The van der Waals surface area contributed by atoms with Crippen LogP contribution < -0.4 is 11.3 Å². The number of ether oxygens (including phenoxy) is 1. The Hall–Kier alpha value is -1.73. The van der Waals surface area contributed by atoms with Gasteiger partial charge in [-0.3, -0.25) is 4.79 Å². The Kier molecular flexibility index (Phi) is 3.50. The van der Waals surface area contributed by atoms with Crippen LogP contribution in [-0.2, 0) is 4.74 Å². The predicted molar refractivity (Wildman–Crippen MR) is 61.2 cm³/mol. The van der Waals surface area contributed by atoms with E-state index in [2.05, 4.69) is 15.4 Å². The van der Waals surface area contributed by atoms with E-state index in [-0.39, 0.29) is 12.0 Å². The molecule has 7 nitrogen and oxygen atoms in total. The van der Waals surface area contributed by atoms with Gasteiger partial charge in [-0.1, -0.05) is 0 Å². The number of hydrogen-bond donors (Lipinski definition) is 2. The van der Waals surface area contributed by atoms with E-state index in [9.17, 15) is 4.79 Å². The van der Waals surface area contributed by atoms with Crippen LogP contribution in [0.25, 0.3) is 0 Å². The Morgan fingerprint density at radius 2 is 2.41 bits per heavy atom. The van der Waals surface area contributed by atoms with Crippen LogP contribution in [0, 0.1) is 0 Å². The molecule has 1 aliphatic heterocycles. The van der Waals surface area contributed by atoms with E-state index in [0.717, 1.165) is 0 Å². The first-order valence-corrected chi connectivity index (χ1v) is 5.40. The van der Waals surface area contributed by atoms with Gasteiger partial charge in [0.1, 0.15) is 5.69 Å². The summed E-state index contributed by atoms with van der Waals surface area (Å²) < 4.78 is 5.37. The number of aromatic nitrogens is 2. The van der Waals surface area contributed by atoms with E-state index in [4.69, 9.17) is 10.6 Å². The molecule has 92 valence electrons. The normalized spacial score (nSPS) is 20.1. The minimum atomic E-state index is -0.128. The van der Waals surface area contributed by atoms with E-state index in [0.29, 0.717) is 31.2 Å². The molecule has 1 aliphatic rings. The summed E-state index contributed by atoms with van der Waals surface area (Å²) in [4.78, 5) is 21.7. The first kappa shape index (κ1) is 11.7. The highest BCUT2D eigenvalue weighted by Crippen LogP contribution is 2.09. The number of amides is 1. The summed E-state index contributed by atoms with van der Waals surface area (Å²) in [6.45, 7) is 3.66. The zero-order chi connectivity index (χ0) is 12.3. The number of hydrogen-bond acceptors (Lipinski definition) is 6. The molecule has 3 N–H and O–H groups in total. The molecule has 1 aromatic heterocycles. The highest BCUT2D eigenvalue weighted by Gasteiger charge is 2.23. The maximum absolute atomic E-state index is 12.1. The summed E-state index contributed by atoms with van der Waals surface area (Å²) in [6, 6.07) is 0. The molecule has 1 aromatic rings. The van der Waals surface area contributed by atoms with Crippen molar-refractivity contribution in [2.24, 2.45) is 5.84 Å². The third kappa shape index (κ3) is 2.69. The van der Waals surface area contributed by atoms with Crippen LogP contribution in [-0.4, -0.2) is 46.6 Å². The summed E-state index contributed by atoms with van der Waals surface area (Å²) in [5.41, 5.74) is 2.68. The Bertz CT molecular complexity index is 394. The van der Waals surface area contributed by atoms with Gasteiger partial charge < -0.3 is 15.1 Å². The first-order chi connectivity index (χ1) is 8.20. The summed E-state index contributed by atoms with van der Waals surface area (Å²) >= 11 is 0. The van der Waals surface area contributed by atoms with Crippen LogP contribution in [0.5, 0.6) is 0 Å². The number of nitrogen functional groups attached to an aromatic ring is 1. The van der Waals surface area contributed by atoms with Crippen molar-refractivity contribution in [3.8, 4) is 0 Å². The van der Waals surface area contributed by atoms with Gasteiger partial charge in [-0.25, -0.2) is 15.8 Å². The SMILES string of the molecule is CC1CN(C(=O)c2cnc(NN)cn2)CCO1. The van der Waals surface area contributed by atoms with Gasteiger partial charge in [-0.2, -0.15) is 0 Å². The predicted octanol–water partition coefficient (Wildman–Crippen LogP) is -0.377. The second kappa shape index (κ2) is 5.07. The largest absolute Gasteiger partial charge is 0.375 e. The molecule has 1 saturated heterocycles. The smallest absolute Gasteiger partial charge is 0.274 e. The van der Waals surface area contributed by atoms with Crippen molar-refractivity contribution in [3.63, 3.8) is 0 Å². The van der Waals surface area contributed by atoms with Gasteiger partial charge in [0.2, 0.25) is 0 Å². The summed E-state index contributed by atoms with van der Waals surface area (Å²) in [5.74, 6) is 5.47. The zero-order valence-electron chi connectivity index (χ0n) is 9.59. The topological polar surface area (TPSA) is 93.4 Å². The lowest BCUT2D eigenvalue weighted by molar-refractivity contribution is -0.0126. The maximum Gasteiger partial charge on any atom is 0.274 e. The second-order valence-corrected chi connectivity index (χ2v) is 3.86. The highest BCUT2D eigenvalue weighted by molar-refractivity contribution is 5.92. The van der Waals surface area contributed by atoms with Crippen LogP contribution >= 0.6 is 0 Å². The zero-order valence-corrected chi connectivity index (χ0v) is 9.59. The molecule has 0 saturated carbocycles. The van der Waals surface area contributed by atoms with E-state index in [1.54, 1.807) is 4.90 Å². The molecule has 17 heavy (non-hydrogen) atoms. The summed E-state index contributed by atoms with van der Waals surface area (Å²) in [7, 11) is 0. The van der Waals surface area contributed by atoms with Crippen molar-refractivity contribution in [3.05, 3.63) is 18.1 Å². The highest BCUT2D eigenvalue weighted by atomic mass is 16.5. The average molecular weight is 237 g/mol. The third-order valence-corrected chi connectivity index (χ3v) is 2.55. The lowest BCUT2D eigenvalue weighted by Crippen LogP contribution is -2.44. The molecule has 2 rings (SSSR count). The molecule has 0 radical (unpaired) electrons. The summed E-state index contributed by atoms with van der Waals surface area (Å²) in [6.07, 6.45) is 2.90. The lowest BCUT2D eigenvalue weighted by Gasteiger charge is -2.30. The number of carbonyl (C=O) groups is 1. The Morgan fingerprint density at radius 3 is 3.00 bits per heavy atom. The molecular weight excluding hydrogens is 222 g/mol. The first-order valence-electron chi connectivity index (χ1n) is 5.40. The molecule has 0 aromatic carbocycles.